The van der Waals surface area contributed by atoms with Gasteiger partial charge in [-0.3, -0.25) is 4.79 Å². The first-order valence-corrected chi connectivity index (χ1v) is 10.6. The molecule has 0 bridgehead atoms. The minimum absolute atomic E-state index is 0.208. The molecule has 0 N–H and O–H groups in total. The quantitative estimate of drug-likeness (QED) is 0.268. The van der Waals surface area contributed by atoms with Crippen molar-refractivity contribution in [2.45, 2.75) is 32.3 Å². The highest BCUT2D eigenvalue weighted by Crippen LogP contribution is 2.45. The molecule has 3 rings (SSSR count). The van der Waals surface area contributed by atoms with Crippen molar-refractivity contribution in [3.05, 3.63) is 78.4 Å². The molecule has 0 aliphatic carbocycles. The minimum Gasteiger partial charge on any atom is -0.496 e. The summed E-state index contributed by atoms with van der Waals surface area (Å²) >= 11 is 0. The number of benzene rings is 2. The zero-order valence-electron chi connectivity index (χ0n) is 19.0. The summed E-state index contributed by atoms with van der Waals surface area (Å²) < 4.78 is 23.2. The topological polar surface area (TPSA) is 54.0 Å². The van der Waals surface area contributed by atoms with E-state index in [1.54, 1.807) is 24.3 Å². The van der Waals surface area contributed by atoms with E-state index in [9.17, 15) is 4.79 Å². The van der Waals surface area contributed by atoms with Crippen LogP contribution in [-0.2, 0) is 6.42 Å². The largest absolute Gasteiger partial charge is 0.496 e. The first-order chi connectivity index (χ1) is 15.4. The lowest BCUT2D eigenvalue weighted by Crippen LogP contribution is -2.33. The normalized spacial score (nSPS) is 14.2. The molecule has 0 saturated heterocycles. The molecule has 168 valence electrons. The second kappa shape index (κ2) is 10.2. The van der Waals surface area contributed by atoms with Crippen LogP contribution in [0.25, 0.3) is 6.08 Å². The van der Waals surface area contributed by atoms with Gasteiger partial charge in [0.1, 0.15) is 47.4 Å². The van der Waals surface area contributed by atoms with Crippen LogP contribution < -0.4 is 18.9 Å². The summed E-state index contributed by atoms with van der Waals surface area (Å²) in [5.74, 6) is 2.14. The highest BCUT2D eigenvalue weighted by Gasteiger charge is 2.32. The predicted octanol–water partition coefficient (Wildman–Crippen LogP) is 5.82. The summed E-state index contributed by atoms with van der Waals surface area (Å²) in [6, 6.07) is 9.26. The maximum Gasteiger partial charge on any atom is 0.193 e. The molecular formula is C27H30O5. The van der Waals surface area contributed by atoms with Gasteiger partial charge in [-0.25, -0.2) is 0 Å². The van der Waals surface area contributed by atoms with Crippen LogP contribution in [0.2, 0.25) is 0 Å². The smallest absolute Gasteiger partial charge is 0.193 e. The summed E-state index contributed by atoms with van der Waals surface area (Å²) in [5.41, 5.74) is 1.85. The average molecular weight is 435 g/mol. The molecule has 0 atom stereocenters. The fraction of sp³-hybridized carbons (Fsp3) is 0.296. The highest BCUT2D eigenvalue weighted by molar-refractivity contribution is 6.11. The molecule has 1 heterocycles. The summed E-state index contributed by atoms with van der Waals surface area (Å²) in [4.78, 5) is 13.3. The molecule has 0 aromatic heterocycles. The van der Waals surface area contributed by atoms with Crippen LogP contribution in [0.4, 0.5) is 0 Å². The van der Waals surface area contributed by atoms with Crippen LogP contribution in [0.5, 0.6) is 23.0 Å². The van der Waals surface area contributed by atoms with Crippen LogP contribution in [0.1, 0.15) is 41.8 Å². The van der Waals surface area contributed by atoms with Crippen molar-refractivity contribution in [1.29, 1.82) is 0 Å². The van der Waals surface area contributed by atoms with Crippen molar-refractivity contribution in [2.24, 2.45) is 0 Å². The first-order valence-electron chi connectivity index (χ1n) is 10.6. The van der Waals surface area contributed by atoms with Gasteiger partial charge in [0, 0.05) is 11.6 Å². The summed E-state index contributed by atoms with van der Waals surface area (Å²) in [6.45, 7) is 12.2. The van der Waals surface area contributed by atoms with Gasteiger partial charge in [-0.15, -0.1) is 0 Å². The van der Waals surface area contributed by atoms with Crippen molar-refractivity contribution < 1.29 is 23.7 Å². The van der Waals surface area contributed by atoms with Crippen LogP contribution in [0.3, 0.4) is 0 Å². The molecule has 1 aliphatic heterocycles. The first kappa shape index (κ1) is 23.2. The van der Waals surface area contributed by atoms with E-state index in [0.29, 0.717) is 29.4 Å². The van der Waals surface area contributed by atoms with Crippen LogP contribution in [0, 0.1) is 0 Å². The molecule has 0 saturated carbocycles. The van der Waals surface area contributed by atoms with Crippen molar-refractivity contribution in [2.75, 3.05) is 20.3 Å². The Bertz CT molecular complexity index is 1020. The lowest BCUT2D eigenvalue weighted by atomic mass is 9.91. The second-order valence-corrected chi connectivity index (χ2v) is 8.09. The zero-order chi connectivity index (χ0) is 23.1. The molecule has 2 aromatic rings. The van der Waals surface area contributed by atoms with E-state index >= 15 is 0 Å². The molecular weight excluding hydrogens is 404 g/mol. The third-order valence-corrected chi connectivity index (χ3v) is 5.16. The molecule has 5 nitrogen and oxygen atoms in total. The standard InChI is InChI=1S/C27H30O5/c1-6-16-30-20-11-8-19(9-12-20)10-13-22(28)25-24(29-5)18-23-21(26(25)31-17-7-2)14-15-27(3,4)32-23/h6-13,18H,1-2,14-17H2,3-5H3/b13-10+. The summed E-state index contributed by atoms with van der Waals surface area (Å²) in [7, 11) is 1.54. The average Bonchev–Trinajstić information content (AvgIpc) is 2.78. The van der Waals surface area contributed by atoms with Crippen LogP contribution in [0.15, 0.2) is 61.7 Å². The van der Waals surface area contributed by atoms with Crippen LogP contribution in [-0.4, -0.2) is 31.7 Å². The van der Waals surface area contributed by atoms with Gasteiger partial charge in [-0.1, -0.05) is 43.5 Å². The van der Waals surface area contributed by atoms with Crippen molar-refractivity contribution >= 4 is 11.9 Å². The van der Waals surface area contributed by atoms with Gasteiger partial charge in [-0.2, -0.15) is 0 Å². The number of carbonyl (C=O) groups is 1. The molecule has 32 heavy (non-hydrogen) atoms. The Kier molecular flexibility index (Phi) is 7.41. The maximum absolute atomic E-state index is 13.3. The van der Waals surface area contributed by atoms with E-state index in [2.05, 4.69) is 13.2 Å². The molecule has 0 amide bonds. The van der Waals surface area contributed by atoms with Gasteiger partial charge in [0.15, 0.2) is 5.78 Å². The number of hydrogen-bond acceptors (Lipinski definition) is 5. The fourth-order valence-electron chi connectivity index (χ4n) is 3.54. The van der Waals surface area contributed by atoms with E-state index in [-0.39, 0.29) is 18.0 Å². The molecule has 0 spiro atoms. The summed E-state index contributed by atoms with van der Waals surface area (Å²) in [6.07, 6.45) is 8.19. The van der Waals surface area contributed by atoms with Gasteiger partial charge in [0.05, 0.1) is 7.11 Å². The monoisotopic (exact) mass is 434 g/mol. The Morgan fingerprint density at radius 1 is 1.12 bits per heavy atom. The molecule has 1 aliphatic rings. The molecule has 0 unspecified atom stereocenters. The molecule has 0 radical (unpaired) electrons. The third-order valence-electron chi connectivity index (χ3n) is 5.16. The van der Waals surface area contributed by atoms with Gasteiger partial charge in [-0.05, 0) is 50.5 Å². The predicted molar refractivity (Wildman–Crippen MR) is 127 cm³/mol. The Morgan fingerprint density at radius 3 is 2.47 bits per heavy atom. The Morgan fingerprint density at radius 2 is 1.81 bits per heavy atom. The van der Waals surface area contributed by atoms with Crippen molar-refractivity contribution in [3.8, 4) is 23.0 Å². The van der Waals surface area contributed by atoms with Crippen molar-refractivity contribution in [1.82, 2.24) is 0 Å². The molecule has 0 fully saturated rings. The van der Waals surface area contributed by atoms with Gasteiger partial charge >= 0.3 is 0 Å². The number of rotatable bonds is 10. The number of ketones is 1. The SMILES string of the molecule is C=CCOc1ccc(/C=C/C(=O)c2c(OC)cc3c(c2OCC=C)CCC(C)(C)O3)cc1. The van der Waals surface area contributed by atoms with Crippen LogP contribution >= 0.6 is 0 Å². The van der Waals surface area contributed by atoms with Gasteiger partial charge in [0.2, 0.25) is 0 Å². The fourth-order valence-corrected chi connectivity index (χ4v) is 3.54. The Hall–Kier alpha value is -3.47. The lowest BCUT2D eigenvalue weighted by Gasteiger charge is -2.34. The highest BCUT2D eigenvalue weighted by atomic mass is 16.5. The number of ether oxygens (including phenoxy) is 4. The molecule has 5 heteroatoms. The maximum atomic E-state index is 13.3. The molecule has 2 aromatic carbocycles. The van der Waals surface area contributed by atoms with E-state index in [1.807, 2.05) is 38.1 Å². The van der Waals surface area contributed by atoms with E-state index in [1.165, 1.54) is 13.2 Å². The third kappa shape index (κ3) is 5.41. The van der Waals surface area contributed by atoms with E-state index < -0.39 is 0 Å². The van der Waals surface area contributed by atoms with E-state index in [0.717, 1.165) is 29.7 Å². The van der Waals surface area contributed by atoms with Crippen molar-refractivity contribution in [3.63, 3.8) is 0 Å². The van der Waals surface area contributed by atoms with Gasteiger partial charge in [0.25, 0.3) is 0 Å². The number of allylic oxidation sites excluding steroid dienone is 1. The number of methoxy groups -OCH3 is 1. The van der Waals surface area contributed by atoms with E-state index in [4.69, 9.17) is 18.9 Å². The Labute approximate surface area is 190 Å². The number of fused-ring (bicyclic) bond motifs is 1. The zero-order valence-corrected chi connectivity index (χ0v) is 19.0. The number of hydrogen-bond donors (Lipinski definition) is 0. The second-order valence-electron chi connectivity index (χ2n) is 8.09. The Balaban J connectivity index is 1.94. The van der Waals surface area contributed by atoms with Gasteiger partial charge < -0.3 is 18.9 Å². The minimum atomic E-state index is -0.291. The summed E-state index contributed by atoms with van der Waals surface area (Å²) in [5, 5.41) is 0. The lowest BCUT2D eigenvalue weighted by molar-refractivity contribution is 0.0828. The number of carbonyl (C=O) groups excluding carboxylic acids is 1.